The van der Waals surface area contributed by atoms with Gasteiger partial charge in [-0.05, 0) is 22.8 Å². The number of aromatic nitrogens is 2. The van der Waals surface area contributed by atoms with E-state index in [-0.39, 0.29) is 6.42 Å². The van der Waals surface area contributed by atoms with E-state index in [4.69, 9.17) is 14.6 Å². The first kappa shape index (κ1) is 27.0. The predicted molar refractivity (Wildman–Crippen MR) is 161 cm³/mol. The van der Waals surface area contributed by atoms with Gasteiger partial charge in [0, 0.05) is 23.9 Å². The Morgan fingerprint density at radius 2 is 1.33 bits per heavy atom. The van der Waals surface area contributed by atoms with Crippen LogP contribution in [0.15, 0.2) is 116 Å². The maximum absolute atomic E-state index is 11.7. The van der Waals surface area contributed by atoms with Crippen molar-refractivity contribution < 1.29 is 19.4 Å². The highest BCUT2D eigenvalue weighted by atomic mass is 16.5. The molecule has 0 saturated heterocycles. The number of methoxy groups -OCH3 is 2. The summed E-state index contributed by atoms with van der Waals surface area (Å²) in [5.41, 5.74) is 4.12. The van der Waals surface area contributed by atoms with E-state index >= 15 is 0 Å². The molecule has 0 fully saturated rings. The number of benzene rings is 4. The zero-order chi connectivity index (χ0) is 29.1. The Balaban J connectivity index is 1.41. The van der Waals surface area contributed by atoms with Crippen molar-refractivity contribution in [1.82, 2.24) is 19.6 Å². The lowest BCUT2D eigenvalue weighted by molar-refractivity contribution is -0.136. The molecule has 212 valence electrons. The van der Waals surface area contributed by atoms with Gasteiger partial charge in [0.2, 0.25) is 0 Å². The van der Waals surface area contributed by atoms with Crippen LogP contribution in [0.2, 0.25) is 0 Å². The van der Waals surface area contributed by atoms with Crippen LogP contribution >= 0.6 is 0 Å². The molecule has 2 heterocycles. The van der Waals surface area contributed by atoms with Crippen molar-refractivity contribution in [3.8, 4) is 11.5 Å². The topological polar surface area (TPSA) is 80.1 Å². The number of carboxylic acid groups (broad SMARTS) is 1. The first-order valence-corrected chi connectivity index (χ1v) is 13.7. The SMILES string of the molecule is COc1cc2c(CC(=O)O)nn(CN3C=CN(C(c4ccccc4)(c4ccccc4)c4ccccc4)C3)c2cc1OC. The summed E-state index contributed by atoms with van der Waals surface area (Å²) < 4.78 is 12.9. The minimum absolute atomic E-state index is 0.194. The number of aliphatic carboxylic acids is 1. The lowest BCUT2D eigenvalue weighted by atomic mass is 9.76. The number of nitrogens with zero attached hydrogens (tertiary/aromatic N) is 4. The summed E-state index contributed by atoms with van der Waals surface area (Å²) in [6, 6.07) is 35.3. The molecule has 0 aliphatic carbocycles. The third-order valence-electron chi connectivity index (χ3n) is 7.76. The Kier molecular flexibility index (Phi) is 7.27. The minimum Gasteiger partial charge on any atom is -0.493 e. The summed E-state index contributed by atoms with van der Waals surface area (Å²) in [5.74, 6) is 0.145. The second kappa shape index (κ2) is 11.3. The summed E-state index contributed by atoms with van der Waals surface area (Å²) in [4.78, 5) is 16.2. The van der Waals surface area contributed by atoms with Crippen LogP contribution in [0.1, 0.15) is 22.4 Å². The average molecular weight is 561 g/mol. The molecule has 1 N–H and O–H groups in total. The van der Waals surface area contributed by atoms with Crippen molar-refractivity contribution >= 4 is 16.9 Å². The van der Waals surface area contributed by atoms with Crippen LogP contribution in [0.4, 0.5) is 0 Å². The molecule has 0 amide bonds. The fraction of sp³-hybridized carbons (Fsp3) is 0.176. The Morgan fingerprint density at radius 1 is 0.810 bits per heavy atom. The Bertz CT molecular complexity index is 1620. The highest BCUT2D eigenvalue weighted by molar-refractivity contribution is 5.88. The molecular formula is C34H32N4O4. The zero-order valence-corrected chi connectivity index (χ0v) is 23.6. The van der Waals surface area contributed by atoms with E-state index in [1.807, 2.05) is 28.9 Å². The van der Waals surface area contributed by atoms with Crippen LogP contribution in [0.5, 0.6) is 11.5 Å². The molecule has 1 aromatic heterocycles. The van der Waals surface area contributed by atoms with Crippen LogP contribution in [0, 0.1) is 0 Å². The number of ether oxygens (including phenoxy) is 2. The van der Waals surface area contributed by atoms with Gasteiger partial charge >= 0.3 is 5.97 Å². The number of carboxylic acids is 1. The van der Waals surface area contributed by atoms with E-state index in [1.165, 1.54) is 0 Å². The van der Waals surface area contributed by atoms with Gasteiger partial charge < -0.3 is 24.4 Å². The Morgan fingerprint density at radius 3 is 1.83 bits per heavy atom. The van der Waals surface area contributed by atoms with Gasteiger partial charge in [-0.25, -0.2) is 4.68 Å². The van der Waals surface area contributed by atoms with Crippen molar-refractivity contribution in [2.45, 2.75) is 18.6 Å². The lowest BCUT2D eigenvalue weighted by Crippen LogP contribution is -2.46. The number of carbonyl (C=O) groups is 1. The van der Waals surface area contributed by atoms with Gasteiger partial charge in [-0.1, -0.05) is 91.0 Å². The van der Waals surface area contributed by atoms with Crippen LogP contribution < -0.4 is 9.47 Å². The van der Waals surface area contributed by atoms with Crippen molar-refractivity contribution in [2.75, 3.05) is 20.9 Å². The molecule has 0 saturated carbocycles. The summed E-state index contributed by atoms with van der Waals surface area (Å²) in [6.07, 6.45) is 4.00. The predicted octanol–water partition coefficient (Wildman–Crippen LogP) is 5.68. The minimum atomic E-state index is -0.943. The van der Waals surface area contributed by atoms with Gasteiger partial charge in [-0.15, -0.1) is 0 Å². The summed E-state index contributed by atoms with van der Waals surface area (Å²) in [6.45, 7) is 0.981. The number of fused-ring (bicyclic) bond motifs is 1. The van der Waals surface area contributed by atoms with E-state index < -0.39 is 11.5 Å². The van der Waals surface area contributed by atoms with Gasteiger partial charge in [0.25, 0.3) is 0 Å². The first-order chi connectivity index (χ1) is 20.5. The second-order valence-electron chi connectivity index (χ2n) is 10.2. The largest absolute Gasteiger partial charge is 0.493 e. The van der Waals surface area contributed by atoms with Crippen molar-refractivity contribution in [3.05, 3.63) is 138 Å². The van der Waals surface area contributed by atoms with Crippen molar-refractivity contribution in [3.63, 3.8) is 0 Å². The average Bonchev–Trinajstić information content (AvgIpc) is 3.62. The molecule has 4 aromatic carbocycles. The highest BCUT2D eigenvalue weighted by Crippen LogP contribution is 2.44. The zero-order valence-electron chi connectivity index (χ0n) is 23.6. The highest BCUT2D eigenvalue weighted by Gasteiger charge is 2.42. The molecule has 6 rings (SSSR count). The summed E-state index contributed by atoms with van der Waals surface area (Å²) >= 11 is 0. The number of rotatable bonds is 10. The van der Waals surface area contributed by atoms with Crippen LogP contribution in [0.25, 0.3) is 10.9 Å². The molecular weight excluding hydrogens is 528 g/mol. The van der Waals surface area contributed by atoms with Crippen molar-refractivity contribution in [1.29, 1.82) is 0 Å². The normalized spacial score (nSPS) is 13.1. The molecule has 8 nitrogen and oxygen atoms in total. The molecule has 8 heteroatoms. The van der Waals surface area contributed by atoms with E-state index in [0.29, 0.717) is 30.5 Å². The maximum Gasteiger partial charge on any atom is 0.309 e. The van der Waals surface area contributed by atoms with Gasteiger partial charge in [-0.2, -0.15) is 5.10 Å². The number of hydrogen-bond acceptors (Lipinski definition) is 6. The summed E-state index contributed by atoms with van der Waals surface area (Å²) in [5, 5.41) is 15.0. The van der Waals surface area contributed by atoms with Gasteiger partial charge in [0.05, 0.1) is 38.5 Å². The summed E-state index contributed by atoms with van der Waals surface area (Å²) in [7, 11) is 3.15. The van der Waals surface area contributed by atoms with Gasteiger partial charge in [-0.3, -0.25) is 4.79 Å². The molecule has 42 heavy (non-hydrogen) atoms. The Labute approximate surface area is 244 Å². The smallest absolute Gasteiger partial charge is 0.309 e. The van der Waals surface area contributed by atoms with E-state index in [0.717, 1.165) is 27.6 Å². The molecule has 0 unspecified atom stereocenters. The molecule has 0 radical (unpaired) electrons. The monoisotopic (exact) mass is 560 g/mol. The van der Waals surface area contributed by atoms with Gasteiger partial charge in [0.15, 0.2) is 11.5 Å². The Hall–Kier alpha value is -5.24. The van der Waals surface area contributed by atoms with Crippen molar-refractivity contribution in [2.24, 2.45) is 0 Å². The first-order valence-electron chi connectivity index (χ1n) is 13.7. The molecule has 0 bridgehead atoms. The van der Waals surface area contributed by atoms with Crippen LogP contribution in [0.3, 0.4) is 0 Å². The molecule has 1 aliphatic heterocycles. The second-order valence-corrected chi connectivity index (χ2v) is 10.2. The van der Waals surface area contributed by atoms with E-state index in [9.17, 15) is 9.90 Å². The fourth-order valence-electron chi connectivity index (χ4n) is 5.93. The molecule has 1 aliphatic rings. The van der Waals surface area contributed by atoms with E-state index in [1.54, 1.807) is 20.3 Å². The number of hydrogen-bond donors (Lipinski definition) is 1. The van der Waals surface area contributed by atoms with Gasteiger partial charge in [0.1, 0.15) is 12.2 Å². The third-order valence-corrected chi connectivity index (χ3v) is 7.76. The van der Waals surface area contributed by atoms with Crippen LogP contribution in [-0.4, -0.2) is 51.5 Å². The quantitative estimate of drug-likeness (QED) is 0.220. The lowest BCUT2D eigenvalue weighted by Gasteiger charge is -2.44. The standard InChI is InChI=1S/C34H32N4O4/c1-41-31-20-28-29(21-33(39)40)35-38(30(28)22-32(31)42-2)24-36-18-19-37(23-36)34(25-12-6-3-7-13-25,26-14-8-4-9-15-26)27-16-10-5-11-17-27/h3-20,22H,21,23-24H2,1-2H3,(H,39,40). The molecule has 0 atom stereocenters. The third kappa shape index (κ3) is 4.71. The van der Waals surface area contributed by atoms with E-state index in [2.05, 4.69) is 95.0 Å². The molecule has 0 spiro atoms. The maximum atomic E-state index is 11.7. The fourth-order valence-corrected chi connectivity index (χ4v) is 5.93. The van der Waals surface area contributed by atoms with Crippen LogP contribution in [-0.2, 0) is 23.4 Å². The molecule has 5 aromatic rings.